The number of amides is 3. The van der Waals surface area contributed by atoms with Gasteiger partial charge in [-0.05, 0) is 30.4 Å². The first-order chi connectivity index (χ1) is 11.7. The third-order valence-corrected chi connectivity index (χ3v) is 4.84. The molecule has 0 bridgehead atoms. The van der Waals surface area contributed by atoms with Crippen molar-refractivity contribution in [3.05, 3.63) is 47.5 Å². The summed E-state index contributed by atoms with van der Waals surface area (Å²) in [6, 6.07) is 11.0. The average Bonchev–Trinajstić information content (AvgIpc) is 2.54. The summed E-state index contributed by atoms with van der Waals surface area (Å²) in [5.41, 5.74) is 1.13. The number of likely N-dealkylation sites (tertiary alicyclic amines) is 1. The van der Waals surface area contributed by atoms with Gasteiger partial charge in [-0.3, -0.25) is 19.3 Å². The highest BCUT2D eigenvalue weighted by Gasteiger charge is 2.32. The van der Waals surface area contributed by atoms with Crippen molar-refractivity contribution in [1.82, 2.24) is 9.80 Å². The predicted molar refractivity (Wildman–Crippen MR) is 89.7 cm³/mol. The Bertz CT molecular complexity index is 804. The van der Waals surface area contributed by atoms with E-state index in [4.69, 9.17) is 0 Å². The molecule has 0 atom stereocenters. The lowest BCUT2D eigenvalue weighted by Crippen LogP contribution is -2.43. The minimum atomic E-state index is -0.263. The summed E-state index contributed by atoms with van der Waals surface area (Å²) < 4.78 is 0. The van der Waals surface area contributed by atoms with Crippen molar-refractivity contribution in [2.24, 2.45) is 0 Å². The van der Waals surface area contributed by atoms with Gasteiger partial charge in [0.15, 0.2) is 0 Å². The Kier molecular flexibility index (Phi) is 3.56. The molecule has 0 N–H and O–H groups in total. The zero-order valence-electron chi connectivity index (χ0n) is 13.3. The highest BCUT2D eigenvalue weighted by Crippen LogP contribution is 2.30. The molecule has 3 amide bonds. The van der Waals surface area contributed by atoms with Crippen LogP contribution in [0.1, 0.15) is 40.0 Å². The second kappa shape index (κ2) is 5.74. The molecule has 0 saturated carbocycles. The molecule has 5 heteroatoms. The number of carbonyl (C=O) groups is 3. The van der Waals surface area contributed by atoms with Gasteiger partial charge in [0, 0.05) is 42.6 Å². The standard InChI is InChI=1S/C19H18N2O3/c22-16(20-10-4-11-20)9-3-12-21-18(23)14-7-1-5-13-6-2-8-15(17(13)14)19(21)24/h1-2,5-8H,3-4,9-12H2. The average molecular weight is 322 g/mol. The van der Waals surface area contributed by atoms with Crippen LogP contribution in [-0.4, -0.2) is 47.2 Å². The zero-order chi connectivity index (χ0) is 16.7. The van der Waals surface area contributed by atoms with E-state index in [9.17, 15) is 14.4 Å². The Labute approximate surface area is 139 Å². The highest BCUT2D eigenvalue weighted by atomic mass is 16.2. The van der Waals surface area contributed by atoms with E-state index in [0.717, 1.165) is 30.3 Å². The maximum atomic E-state index is 12.7. The van der Waals surface area contributed by atoms with Crippen LogP contribution in [0.15, 0.2) is 36.4 Å². The van der Waals surface area contributed by atoms with Gasteiger partial charge in [-0.2, -0.15) is 0 Å². The van der Waals surface area contributed by atoms with Crippen molar-refractivity contribution in [3.8, 4) is 0 Å². The van der Waals surface area contributed by atoms with E-state index in [1.54, 1.807) is 12.1 Å². The fraction of sp³-hybridized carbons (Fsp3) is 0.316. The van der Waals surface area contributed by atoms with Crippen LogP contribution in [-0.2, 0) is 4.79 Å². The summed E-state index contributed by atoms with van der Waals surface area (Å²) >= 11 is 0. The summed E-state index contributed by atoms with van der Waals surface area (Å²) in [5.74, 6) is -0.415. The molecule has 2 aromatic rings. The molecule has 0 aliphatic carbocycles. The lowest BCUT2D eigenvalue weighted by molar-refractivity contribution is -0.134. The molecular weight excluding hydrogens is 304 g/mol. The van der Waals surface area contributed by atoms with Crippen LogP contribution < -0.4 is 0 Å². The summed E-state index contributed by atoms with van der Waals surface area (Å²) in [7, 11) is 0. The number of rotatable bonds is 4. The Hall–Kier alpha value is -2.69. The number of carbonyl (C=O) groups excluding carboxylic acids is 3. The first-order valence-electron chi connectivity index (χ1n) is 8.32. The molecule has 2 aromatic carbocycles. The molecule has 2 heterocycles. The van der Waals surface area contributed by atoms with Gasteiger partial charge in [-0.1, -0.05) is 24.3 Å². The molecule has 0 radical (unpaired) electrons. The summed E-state index contributed by atoms with van der Waals surface area (Å²) in [4.78, 5) is 40.4. The van der Waals surface area contributed by atoms with Gasteiger partial charge >= 0.3 is 0 Å². The summed E-state index contributed by atoms with van der Waals surface area (Å²) in [6.07, 6.45) is 1.95. The van der Waals surface area contributed by atoms with Crippen molar-refractivity contribution in [1.29, 1.82) is 0 Å². The topological polar surface area (TPSA) is 57.7 Å². The van der Waals surface area contributed by atoms with Crippen LogP contribution in [0, 0.1) is 0 Å². The second-order valence-corrected chi connectivity index (χ2v) is 6.31. The Morgan fingerprint density at radius 3 is 2.12 bits per heavy atom. The lowest BCUT2D eigenvalue weighted by Gasteiger charge is -2.31. The van der Waals surface area contributed by atoms with Gasteiger partial charge in [0.2, 0.25) is 5.91 Å². The smallest absolute Gasteiger partial charge is 0.261 e. The molecule has 1 fully saturated rings. The van der Waals surface area contributed by atoms with Gasteiger partial charge in [-0.25, -0.2) is 0 Å². The lowest BCUT2D eigenvalue weighted by atomic mass is 9.94. The van der Waals surface area contributed by atoms with E-state index < -0.39 is 0 Å². The minimum Gasteiger partial charge on any atom is -0.343 e. The van der Waals surface area contributed by atoms with E-state index in [0.29, 0.717) is 24.0 Å². The van der Waals surface area contributed by atoms with Crippen LogP contribution in [0.5, 0.6) is 0 Å². The molecule has 0 aromatic heterocycles. The van der Waals surface area contributed by atoms with Gasteiger partial charge in [0.05, 0.1) is 0 Å². The zero-order valence-corrected chi connectivity index (χ0v) is 13.3. The SMILES string of the molecule is O=C(CCCN1C(=O)c2cccc3cccc(c23)C1=O)N1CCC1. The molecule has 5 nitrogen and oxygen atoms in total. The molecule has 1 saturated heterocycles. The molecule has 0 unspecified atom stereocenters. The first kappa shape index (κ1) is 14.9. The molecule has 24 heavy (non-hydrogen) atoms. The van der Waals surface area contributed by atoms with E-state index in [1.807, 2.05) is 29.2 Å². The van der Waals surface area contributed by atoms with Gasteiger partial charge in [0.1, 0.15) is 0 Å². The van der Waals surface area contributed by atoms with Crippen molar-refractivity contribution in [2.45, 2.75) is 19.3 Å². The second-order valence-electron chi connectivity index (χ2n) is 6.31. The molecule has 122 valence electrons. The van der Waals surface area contributed by atoms with E-state index in [1.165, 1.54) is 4.90 Å². The van der Waals surface area contributed by atoms with Crippen molar-refractivity contribution >= 4 is 28.5 Å². The maximum Gasteiger partial charge on any atom is 0.261 e. The third-order valence-electron chi connectivity index (χ3n) is 4.84. The quantitative estimate of drug-likeness (QED) is 0.813. The number of nitrogens with zero attached hydrogens (tertiary/aromatic N) is 2. The van der Waals surface area contributed by atoms with Crippen LogP contribution in [0.3, 0.4) is 0 Å². The first-order valence-corrected chi connectivity index (χ1v) is 8.32. The molecule has 4 rings (SSSR count). The highest BCUT2D eigenvalue weighted by molar-refractivity contribution is 6.25. The Balaban J connectivity index is 1.54. The molecule has 0 spiro atoms. The summed E-state index contributed by atoms with van der Waals surface area (Å²) in [5, 5.41) is 1.64. The number of benzene rings is 2. The predicted octanol–water partition coefficient (Wildman–Crippen LogP) is 2.45. The minimum absolute atomic E-state index is 0.112. The largest absolute Gasteiger partial charge is 0.343 e. The van der Waals surface area contributed by atoms with Crippen LogP contribution >= 0.6 is 0 Å². The van der Waals surface area contributed by atoms with E-state index >= 15 is 0 Å². The fourth-order valence-electron chi connectivity index (χ4n) is 3.40. The Morgan fingerprint density at radius 2 is 1.58 bits per heavy atom. The van der Waals surface area contributed by atoms with Crippen molar-refractivity contribution in [3.63, 3.8) is 0 Å². The van der Waals surface area contributed by atoms with Crippen LogP contribution in [0.25, 0.3) is 10.8 Å². The molecule has 2 aliphatic heterocycles. The van der Waals surface area contributed by atoms with Crippen LogP contribution in [0.4, 0.5) is 0 Å². The fourth-order valence-corrected chi connectivity index (χ4v) is 3.40. The van der Waals surface area contributed by atoms with E-state index in [2.05, 4.69) is 0 Å². The molecular formula is C19H18N2O3. The maximum absolute atomic E-state index is 12.7. The number of imide groups is 1. The normalized spacial score (nSPS) is 16.5. The monoisotopic (exact) mass is 322 g/mol. The van der Waals surface area contributed by atoms with Gasteiger partial charge in [-0.15, -0.1) is 0 Å². The number of hydrogen-bond donors (Lipinski definition) is 0. The number of hydrogen-bond acceptors (Lipinski definition) is 3. The van der Waals surface area contributed by atoms with Crippen LogP contribution in [0.2, 0.25) is 0 Å². The molecule has 2 aliphatic rings. The van der Waals surface area contributed by atoms with E-state index in [-0.39, 0.29) is 24.3 Å². The summed E-state index contributed by atoms with van der Waals surface area (Å²) in [6.45, 7) is 1.94. The van der Waals surface area contributed by atoms with Gasteiger partial charge < -0.3 is 4.90 Å². The van der Waals surface area contributed by atoms with Crippen molar-refractivity contribution < 1.29 is 14.4 Å². The Morgan fingerprint density at radius 1 is 0.958 bits per heavy atom. The van der Waals surface area contributed by atoms with Crippen molar-refractivity contribution in [2.75, 3.05) is 19.6 Å². The third kappa shape index (κ3) is 2.28. The van der Waals surface area contributed by atoms with Gasteiger partial charge in [0.25, 0.3) is 11.8 Å².